The lowest BCUT2D eigenvalue weighted by Crippen LogP contribution is -2.48. The van der Waals surface area contributed by atoms with E-state index in [1.807, 2.05) is 0 Å². The fraction of sp³-hybridized carbons (Fsp3) is 0.467. The Labute approximate surface area is 128 Å². The van der Waals surface area contributed by atoms with Gasteiger partial charge in [0, 0.05) is 12.1 Å². The SMILES string of the molecule is COC(=O)[C@@H]1CCCCN1C(=O)c1cccc(C)c1[N+](=O)[O-]. The van der Waals surface area contributed by atoms with Crippen LogP contribution in [0.5, 0.6) is 0 Å². The molecule has 1 atom stereocenters. The van der Waals surface area contributed by atoms with Crippen molar-refractivity contribution in [2.24, 2.45) is 0 Å². The summed E-state index contributed by atoms with van der Waals surface area (Å²) in [6, 6.07) is 3.94. The molecule has 0 unspecified atom stereocenters. The Morgan fingerprint density at radius 2 is 2.09 bits per heavy atom. The number of likely N-dealkylation sites (tertiary alicyclic amines) is 1. The second-order valence-corrected chi connectivity index (χ2v) is 5.26. The number of esters is 1. The van der Waals surface area contributed by atoms with Gasteiger partial charge in [0.05, 0.1) is 12.0 Å². The maximum atomic E-state index is 12.7. The number of benzene rings is 1. The first-order chi connectivity index (χ1) is 10.5. The Hall–Kier alpha value is -2.44. The zero-order valence-corrected chi connectivity index (χ0v) is 12.6. The van der Waals surface area contributed by atoms with Gasteiger partial charge in [-0.25, -0.2) is 4.79 Å². The molecule has 1 fully saturated rings. The molecule has 1 aliphatic heterocycles. The first-order valence-electron chi connectivity index (χ1n) is 7.10. The van der Waals surface area contributed by atoms with Crippen LogP contribution in [0.2, 0.25) is 0 Å². The minimum atomic E-state index is -0.675. The first kappa shape index (κ1) is 15.9. The van der Waals surface area contributed by atoms with Crippen molar-refractivity contribution in [3.63, 3.8) is 0 Å². The highest BCUT2D eigenvalue weighted by molar-refractivity contribution is 6.00. The number of carbonyl (C=O) groups excluding carboxylic acids is 2. The maximum absolute atomic E-state index is 12.7. The average Bonchev–Trinajstić information content (AvgIpc) is 2.52. The number of nitro groups is 1. The highest BCUT2D eigenvalue weighted by Crippen LogP contribution is 2.27. The third kappa shape index (κ3) is 2.93. The molecule has 0 aromatic heterocycles. The Bertz CT molecular complexity index is 614. The Morgan fingerprint density at radius 1 is 1.36 bits per heavy atom. The number of hydrogen-bond acceptors (Lipinski definition) is 5. The van der Waals surface area contributed by atoms with Crippen molar-refractivity contribution in [1.82, 2.24) is 4.90 Å². The number of hydrogen-bond donors (Lipinski definition) is 0. The van der Waals surface area contributed by atoms with Crippen LogP contribution in [0.3, 0.4) is 0 Å². The van der Waals surface area contributed by atoms with Crippen molar-refractivity contribution in [2.45, 2.75) is 32.2 Å². The number of piperidine rings is 1. The van der Waals surface area contributed by atoms with Gasteiger partial charge >= 0.3 is 5.97 Å². The summed E-state index contributed by atoms with van der Waals surface area (Å²) in [5.74, 6) is -0.978. The van der Waals surface area contributed by atoms with E-state index in [-0.39, 0.29) is 11.3 Å². The Balaban J connectivity index is 2.40. The molecule has 1 aliphatic rings. The quantitative estimate of drug-likeness (QED) is 0.484. The predicted octanol–water partition coefficient (Wildman–Crippen LogP) is 2.07. The van der Waals surface area contributed by atoms with Gasteiger partial charge in [-0.05, 0) is 32.3 Å². The number of amides is 1. The number of nitro benzene ring substituents is 1. The number of rotatable bonds is 3. The van der Waals surface area contributed by atoms with E-state index in [2.05, 4.69) is 0 Å². The van der Waals surface area contributed by atoms with E-state index >= 15 is 0 Å². The van der Waals surface area contributed by atoms with Gasteiger partial charge < -0.3 is 9.64 Å². The molecular weight excluding hydrogens is 288 g/mol. The molecule has 0 N–H and O–H groups in total. The first-order valence-corrected chi connectivity index (χ1v) is 7.10. The molecule has 1 aromatic carbocycles. The molecule has 7 nitrogen and oxygen atoms in total. The van der Waals surface area contributed by atoms with Crippen molar-refractivity contribution >= 4 is 17.6 Å². The third-order valence-electron chi connectivity index (χ3n) is 3.89. The lowest BCUT2D eigenvalue weighted by atomic mass is 9.99. The number of ether oxygens (including phenoxy) is 1. The van der Waals surface area contributed by atoms with E-state index in [1.54, 1.807) is 19.1 Å². The molecule has 0 aliphatic carbocycles. The van der Waals surface area contributed by atoms with Crippen LogP contribution in [-0.2, 0) is 9.53 Å². The zero-order valence-electron chi connectivity index (χ0n) is 12.6. The zero-order chi connectivity index (χ0) is 16.3. The van der Waals surface area contributed by atoms with Gasteiger partial charge in [0.1, 0.15) is 11.6 Å². The van der Waals surface area contributed by atoms with E-state index in [0.717, 1.165) is 12.8 Å². The number of carbonyl (C=O) groups is 2. The summed E-state index contributed by atoms with van der Waals surface area (Å²) in [4.78, 5) is 36.6. The van der Waals surface area contributed by atoms with Crippen molar-refractivity contribution in [3.05, 3.63) is 39.4 Å². The fourth-order valence-electron chi connectivity index (χ4n) is 2.78. The van der Waals surface area contributed by atoms with E-state index in [4.69, 9.17) is 4.74 Å². The van der Waals surface area contributed by atoms with Crippen LogP contribution in [0.4, 0.5) is 5.69 Å². The Morgan fingerprint density at radius 3 is 2.73 bits per heavy atom. The highest BCUT2D eigenvalue weighted by Gasteiger charge is 2.36. The second kappa shape index (κ2) is 6.55. The smallest absolute Gasteiger partial charge is 0.328 e. The molecule has 0 spiro atoms. The normalized spacial score (nSPS) is 17.9. The van der Waals surface area contributed by atoms with Crippen molar-refractivity contribution in [2.75, 3.05) is 13.7 Å². The molecule has 22 heavy (non-hydrogen) atoms. The van der Waals surface area contributed by atoms with E-state index in [0.29, 0.717) is 18.5 Å². The van der Waals surface area contributed by atoms with Crippen molar-refractivity contribution in [3.8, 4) is 0 Å². The van der Waals surface area contributed by atoms with Crippen LogP contribution in [-0.4, -0.2) is 41.4 Å². The van der Waals surface area contributed by atoms with Gasteiger partial charge in [0.15, 0.2) is 0 Å². The monoisotopic (exact) mass is 306 g/mol. The second-order valence-electron chi connectivity index (χ2n) is 5.26. The summed E-state index contributed by atoms with van der Waals surface area (Å²) < 4.78 is 4.74. The molecule has 1 amide bonds. The molecular formula is C15H18N2O5. The van der Waals surface area contributed by atoms with Crippen LogP contribution in [0.25, 0.3) is 0 Å². The maximum Gasteiger partial charge on any atom is 0.328 e. The summed E-state index contributed by atoms with van der Waals surface area (Å²) in [6.07, 6.45) is 2.09. The van der Waals surface area contributed by atoms with Gasteiger partial charge in [-0.3, -0.25) is 14.9 Å². The molecule has 1 heterocycles. The molecule has 1 aromatic rings. The van der Waals surface area contributed by atoms with Crippen LogP contribution < -0.4 is 0 Å². The summed E-state index contributed by atoms with van der Waals surface area (Å²) in [6.45, 7) is 1.98. The van der Waals surface area contributed by atoms with Crippen LogP contribution in [0, 0.1) is 17.0 Å². The summed E-state index contributed by atoms with van der Waals surface area (Å²) >= 11 is 0. The third-order valence-corrected chi connectivity index (χ3v) is 3.89. The van der Waals surface area contributed by atoms with Gasteiger partial charge in [0.25, 0.3) is 11.6 Å². The highest BCUT2D eigenvalue weighted by atomic mass is 16.6. The Kier molecular flexibility index (Phi) is 4.75. The number of nitrogens with zero attached hydrogens (tertiary/aromatic N) is 2. The van der Waals surface area contributed by atoms with E-state index < -0.39 is 22.8 Å². The van der Waals surface area contributed by atoms with E-state index in [9.17, 15) is 19.7 Å². The number of para-hydroxylation sites is 1. The van der Waals surface area contributed by atoms with Crippen LogP contribution >= 0.6 is 0 Å². The fourth-order valence-corrected chi connectivity index (χ4v) is 2.78. The molecule has 0 saturated carbocycles. The molecule has 0 radical (unpaired) electrons. The van der Waals surface area contributed by atoms with Gasteiger partial charge in [-0.1, -0.05) is 12.1 Å². The summed E-state index contributed by atoms with van der Waals surface area (Å²) in [7, 11) is 1.27. The molecule has 2 rings (SSSR count). The average molecular weight is 306 g/mol. The summed E-state index contributed by atoms with van der Waals surface area (Å²) in [5, 5.41) is 11.2. The van der Waals surface area contributed by atoms with Crippen LogP contribution in [0.15, 0.2) is 18.2 Å². The van der Waals surface area contributed by atoms with Crippen LogP contribution in [0.1, 0.15) is 35.2 Å². The summed E-state index contributed by atoms with van der Waals surface area (Å²) in [5.41, 5.74) is 0.227. The van der Waals surface area contributed by atoms with Gasteiger partial charge in [0.2, 0.25) is 0 Å². The minimum absolute atomic E-state index is 0.0146. The molecule has 118 valence electrons. The lowest BCUT2D eigenvalue weighted by Gasteiger charge is -2.33. The predicted molar refractivity (Wildman–Crippen MR) is 78.5 cm³/mol. The minimum Gasteiger partial charge on any atom is -0.467 e. The van der Waals surface area contributed by atoms with E-state index in [1.165, 1.54) is 18.1 Å². The van der Waals surface area contributed by atoms with Gasteiger partial charge in [-0.15, -0.1) is 0 Å². The lowest BCUT2D eigenvalue weighted by molar-refractivity contribution is -0.385. The largest absolute Gasteiger partial charge is 0.467 e. The van der Waals surface area contributed by atoms with Gasteiger partial charge in [-0.2, -0.15) is 0 Å². The molecule has 0 bridgehead atoms. The van der Waals surface area contributed by atoms with Crippen molar-refractivity contribution < 1.29 is 19.2 Å². The number of aryl methyl sites for hydroxylation is 1. The van der Waals surface area contributed by atoms with Crippen molar-refractivity contribution in [1.29, 1.82) is 0 Å². The number of methoxy groups -OCH3 is 1. The topological polar surface area (TPSA) is 89.8 Å². The molecule has 1 saturated heterocycles. The molecule has 7 heteroatoms. The standard InChI is InChI=1S/C15H18N2O5/c1-10-6-5-7-11(13(10)17(20)21)14(18)16-9-4-3-8-12(16)15(19)22-2/h5-7,12H,3-4,8-9H2,1-2H3/t12-/m0/s1.